The summed E-state index contributed by atoms with van der Waals surface area (Å²) in [5.41, 5.74) is 1.97. The first-order valence-corrected chi connectivity index (χ1v) is 9.38. The zero-order chi connectivity index (χ0) is 21.3. The fraction of sp³-hybridized carbons (Fsp3) is 0.381. The van der Waals surface area contributed by atoms with Crippen LogP contribution in [0.15, 0.2) is 34.9 Å². The van der Waals surface area contributed by atoms with Crippen LogP contribution in [0, 0.1) is 0 Å². The van der Waals surface area contributed by atoms with Gasteiger partial charge in [-0.05, 0) is 57.0 Å². The number of carboxylic acids is 1. The average molecular weight is 399 g/mol. The maximum absolute atomic E-state index is 12.2. The number of furan rings is 1. The first kappa shape index (κ1) is 20.4. The Bertz CT molecular complexity index is 948. The summed E-state index contributed by atoms with van der Waals surface area (Å²) >= 11 is 0. The number of rotatable bonds is 4. The lowest BCUT2D eigenvalue weighted by Crippen LogP contribution is -2.45. The molecule has 2 atom stereocenters. The number of alkyl carbamates (subject to hydrolysis) is 1. The van der Waals surface area contributed by atoms with Crippen molar-refractivity contribution in [3.05, 3.63) is 41.7 Å². The lowest BCUT2D eigenvalue weighted by Gasteiger charge is -2.39. The van der Waals surface area contributed by atoms with Crippen LogP contribution in [0.4, 0.5) is 10.5 Å². The van der Waals surface area contributed by atoms with Crippen LogP contribution in [0.3, 0.4) is 0 Å². The molecule has 1 aromatic heterocycles. The third-order valence-electron chi connectivity index (χ3n) is 4.77. The van der Waals surface area contributed by atoms with Crippen LogP contribution in [0.1, 0.15) is 56.1 Å². The van der Waals surface area contributed by atoms with Crippen LogP contribution in [0.5, 0.6) is 0 Å². The number of amides is 2. The van der Waals surface area contributed by atoms with E-state index in [2.05, 4.69) is 5.32 Å². The Morgan fingerprint density at radius 3 is 2.59 bits per heavy atom. The molecule has 2 aromatic rings. The Kier molecular flexibility index (Phi) is 5.63. The molecule has 1 N–H and O–H groups in total. The molecule has 0 saturated heterocycles. The zero-order valence-electron chi connectivity index (χ0n) is 16.7. The van der Waals surface area contributed by atoms with Crippen LogP contribution in [-0.4, -0.2) is 30.1 Å². The van der Waals surface area contributed by atoms with E-state index in [0.717, 1.165) is 11.8 Å². The van der Waals surface area contributed by atoms with Gasteiger partial charge in [0.05, 0.1) is 18.1 Å². The van der Waals surface area contributed by atoms with Gasteiger partial charge < -0.3 is 29.3 Å². The van der Waals surface area contributed by atoms with Gasteiger partial charge in [0, 0.05) is 29.8 Å². The van der Waals surface area contributed by atoms with Crippen molar-refractivity contribution in [2.24, 2.45) is 0 Å². The average Bonchev–Trinajstić information content (AvgIpc) is 3.10. The molecule has 2 amide bonds. The summed E-state index contributed by atoms with van der Waals surface area (Å²) in [6.07, 6.45) is 0.818. The van der Waals surface area contributed by atoms with Gasteiger partial charge in [-0.15, -0.1) is 0 Å². The summed E-state index contributed by atoms with van der Waals surface area (Å²) in [4.78, 5) is 37.1. The zero-order valence-corrected chi connectivity index (χ0v) is 16.7. The second-order valence-electron chi connectivity index (χ2n) is 7.39. The number of anilines is 1. The van der Waals surface area contributed by atoms with E-state index in [1.165, 1.54) is 13.0 Å². The molecule has 0 spiro atoms. The van der Waals surface area contributed by atoms with Gasteiger partial charge >= 0.3 is 6.09 Å². The molecule has 2 heterocycles. The number of aromatic carboxylic acids is 1. The highest BCUT2D eigenvalue weighted by Crippen LogP contribution is 2.40. The predicted molar refractivity (Wildman–Crippen MR) is 103 cm³/mol. The number of hydrogen-bond donors (Lipinski definition) is 1. The summed E-state index contributed by atoms with van der Waals surface area (Å²) in [5, 5.41) is 13.9. The molecule has 154 valence electrons. The minimum atomic E-state index is -1.33. The molecule has 0 saturated carbocycles. The quantitative estimate of drug-likeness (QED) is 0.846. The molecule has 1 aromatic carbocycles. The monoisotopic (exact) mass is 399 g/mol. The largest absolute Gasteiger partial charge is 0.545 e. The molecule has 0 aliphatic carbocycles. The maximum atomic E-state index is 12.2. The van der Waals surface area contributed by atoms with Gasteiger partial charge in [-0.25, -0.2) is 4.79 Å². The van der Waals surface area contributed by atoms with Crippen molar-refractivity contribution >= 4 is 23.7 Å². The lowest BCUT2D eigenvalue weighted by atomic mass is 9.90. The predicted octanol–water partition coefficient (Wildman–Crippen LogP) is 2.63. The van der Waals surface area contributed by atoms with E-state index in [1.807, 2.05) is 6.92 Å². The summed E-state index contributed by atoms with van der Waals surface area (Å²) in [6, 6.07) is 6.18. The van der Waals surface area contributed by atoms with E-state index in [1.54, 1.807) is 36.9 Å². The molecule has 0 bridgehead atoms. The molecule has 8 heteroatoms. The number of nitrogens with one attached hydrogen (secondary N) is 1. The van der Waals surface area contributed by atoms with E-state index in [4.69, 9.17) is 9.15 Å². The Labute approximate surface area is 168 Å². The summed E-state index contributed by atoms with van der Waals surface area (Å²) in [6.45, 7) is 6.93. The fourth-order valence-electron chi connectivity index (χ4n) is 3.62. The van der Waals surface area contributed by atoms with Gasteiger partial charge in [0.1, 0.15) is 12.0 Å². The first-order chi connectivity index (χ1) is 13.7. The van der Waals surface area contributed by atoms with Crippen molar-refractivity contribution in [2.45, 2.75) is 52.3 Å². The number of carbonyl (C=O) groups excluding carboxylic acids is 3. The molecule has 0 unspecified atom stereocenters. The summed E-state index contributed by atoms with van der Waals surface area (Å²) in [5.74, 6) is -1.08. The van der Waals surface area contributed by atoms with Gasteiger partial charge in [-0.1, -0.05) is 0 Å². The second kappa shape index (κ2) is 7.98. The van der Waals surface area contributed by atoms with Crippen molar-refractivity contribution in [3.63, 3.8) is 0 Å². The van der Waals surface area contributed by atoms with Crippen LogP contribution in [0.2, 0.25) is 0 Å². The highest BCUT2D eigenvalue weighted by Gasteiger charge is 2.34. The van der Waals surface area contributed by atoms with Crippen LogP contribution >= 0.6 is 0 Å². The topological polar surface area (TPSA) is 112 Å². The molecular formula is C21H23N2O6-. The third kappa shape index (κ3) is 4.26. The van der Waals surface area contributed by atoms with E-state index < -0.39 is 12.1 Å². The number of ether oxygens (including phenoxy) is 1. The van der Waals surface area contributed by atoms with Gasteiger partial charge in [0.2, 0.25) is 5.91 Å². The molecule has 1 aliphatic rings. The molecule has 0 fully saturated rings. The minimum Gasteiger partial charge on any atom is -0.545 e. The molecular weight excluding hydrogens is 376 g/mol. The Balaban J connectivity index is 2.02. The van der Waals surface area contributed by atoms with Gasteiger partial charge in [-0.3, -0.25) is 4.79 Å². The standard InChI is InChI=1S/C21H24N2O6/c1-11(2)29-21(27)22-17-7-12(3)23(13(4)24)18-6-5-14(8-16(17)18)19-9-15(10-28-19)20(25)26/h5-6,8-12,17H,7H2,1-4H3,(H,22,27)(H,25,26)/p-1/t12-,17+/m1/s1. The van der Waals surface area contributed by atoms with Crippen LogP contribution < -0.4 is 15.3 Å². The molecule has 3 rings (SSSR count). The molecule has 1 aliphatic heterocycles. The number of carbonyl (C=O) groups is 3. The van der Waals surface area contributed by atoms with Crippen molar-refractivity contribution in [2.75, 3.05) is 4.90 Å². The van der Waals surface area contributed by atoms with E-state index in [9.17, 15) is 19.5 Å². The second-order valence-corrected chi connectivity index (χ2v) is 7.39. The van der Waals surface area contributed by atoms with Crippen molar-refractivity contribution < 1.29 is 28.6 Å². The van der Waals surface area contributed by atoms with Crippen LogP contribution in [0.25, 0.3) is 11.3 Å². The van der Waals surface area contributed by atoms with Gasteiger partial charge in [0.15, 0.2) is 0 Å². The summed E-state index contributed by atoms with van der Waals surface area (Å²) in [7, 11) is 0. The Morgan fingerprint density at radius 2 is 2.00 bits per heavy atom. The van der Waals surface area contributed by atoms with Gasteiger partial charge in [0.25, 0.3) is 0 Å². The Morgan fingerprint density at radius 1 is 1.28 bits per heavy atom. The number of hydrogen-bond acceptors (Lipinski definition) is 6. The normalized spacial score (nSPS) is 18.3. The molecule has 0 radical (unpaired) electrons. The van der Waals surface area contributed by atoms with Crippen molar-refractivity contribution in [3.8, 4) is 11.3 Å². The summed E-state index contributed by atoms with van der Waals surface area (Å²) < 4.78 is 10.6. The molecule has 29 heavy (non-hydrogen) atoms. The SMILES string of the molecule is CC(=O)N1c2ccc(-c3cc(C(=O)[O-])co3)cc2[C@@H](NC(=O)OC(C)C)C[C@H]1C. The number of benzene rings is 1. The van der Waals surface area contributed by atoms with E-state index in [0.29, 0.717) is 23.4 Å². The van der Waals surface area contributed by atoms with Gasteiger partial charge in [-0.2, -0.15) is 0 Å². The van der Waals surface area contributed by atoms with Crippen molar-refractivity contribution in [1.82, 2.24) is 5.32 Å². The number of carboxylic acid groups (broad SMARTS) is 1. The first-order valence-electron chi connectivity index (χ1n) is 9.38. The van der Waals surface area contributed by atoms with E-state index >= 15 is 0 Å². The Hall–Kier alpha value is -3.29. The maximum Gasteiger partial charge on any atom is 0.407 e. The highest BCUT2D eigenvalue weighted by atomic mass is 16.6. The smallest absolute Gasteiger partial charge is 0.407 e. The van der Waals surface area contributed by atoms with E-state index in [-0.39, 0.29) is 29.7 Å². The fourth-order valence-corrected chi connectivity index (χ4v) is 3.62. The molecule has 8 nitrogen and oxygen atoms in total. The third-order valence-corrected chi connectivity index (χ3v) is 4.77. The highest BCUT2D eigenvalue weighted by molar-refractivity contribution is 5.94. The number of fused-ring (bicyclic) bond motifs is 1. The van der Waals surface area contributed by atoms with Crippen LogP contribution in [-0.2, 0) is 9.53 Å². The van der Waals surface area contributed by atoms with Crippen molar-refractivity contribution in [1.29, 1.82) is 0 Å². The lowest BCUT2D eigenvalue weighted by molar-refractivity contribution is -0.255. The number of nitrogens with zero attached hydrogens (tertiary/aromatic N) is 1. The minimum absolute atomic E-state index is 0.0631.